The highest BCUT2D eigenvalue weighted by Gasteiger charge is 2.19. The van der Waals surface area contributed by atoms with Crippen molar-refractivity contribution in [2.24, 2.45) is 0 Å². The Morgan fingerprint density at radius 3 is 3.00 bits per heavy atom. The Morgan fingerprint density at radius 2 is 2.25 bits per heavy atom. The quantitative estimate of drug-likeness (QED) is 0.808. The Morgan fingerprint density at radius 1 is 1.40 bits per heavy atom. The number of aryl methyl sites for hydroxylation is 2. The number of nitrogens with one attached hydrogen (secondary N) is 1. The van der Waals surface area contributed by atoms with Crippen LogP contribution in [0.15, 0.2) is 33.3 Å². The molecule has 106 valence electrons. The molecule has 1 aromatic carbocycles. The van der Waals surface area contributed by atoms with E-state index in [0.29, 0.717) is 0 Å². The van der Waals surface area contributed by atoms with Gasteiger partial charge in [-0.1, -0.05) is 22.0 Å². The van der Waals surface area contributed by atoms with E-state index in [0.717, 1.165) is 47.1 Å². The molecular formula is C16H19BrN2O. The molecule has 1 heterocycles. The maximum Gasteiger partial charge on any atom is 0.194 e. The van der Waals surface area contributed by atoms with Crippen LogP contribution in [0, 0.1) is 6.92 Å². The molecule has 3 nitrogen and oxygen atoms in total. The third-order valence-electron chi connectivity index (χ3n) is 3.57. The van der Waals surface area contributed by atoms with Crippen LogP contribution in [0.5, 0.6) is 0 Å². The highest BCUT2D eigenvalue weighted by Crippen LogP contribution is 2.26. The van der Waals surface area contributed by atoms with Crippen molar-refractivity contribution in [1.82, 2.24) is 10.3 Å². The Bertz CT molecular complexity index is 590. The number of hydrogen-bond acceptors (Lipinski definition) is 3. The van der Waals surface area contributed by atoms with Crippen LogP contribution < -0.4 is 5.32 Å². The molecule has 1 saturated carbocycles. The minimum absolute atomic E-state index is 0.779. The largest absolute Gasteiger partial charge is 0.441 e. The first kappa shape index (κ1) is 13.8. The van der Waals surface area contributed by atoms with E-state index in [1.807, 2.05) is 12.3 Å². The topological polar surface area (TPSA) is 38.1 Å². The van der Waals surface area contributed by atoms with Crippen LogP contribution in [-0.2, 0) is 6.42 Å². The summed E-state index contributed by atoms with van der Waals surface area (Å²) in [5.41, 5.74) is 2.29. The molecule has 0 atom stereocenters. The van der Waals surface area contributed by atoms with E-state index in [1.165, 1.54) is 18.4 Å². The predicted octanol–water partition coefficient (Wildman–Crippen LogP) is 4.10. The second-order valence-corrected chi connectivity index (χ2v) is 6.27. The van der Waals surface area contributed by atoms with Gasteiger partial charge in [0, 0.05) is 22.5 Å². The van der Waals surface area contributed by atoms with Crippen LogP contribution >= 0.6 is 15.9 Å². The maximum atomic E-state index is 5.83. The highest BCUT2D eigenvalue weighted by molar-refractivity contribution is 9.10. The summed E-state index contributed by atoms with van der Waals surface area (Å²) in [6, 6.07) is 6.99. The molecule has 0 amide bonds. The Hall–Kier alpha value is -1.13. The Labute approximate surface area is 127 Å². The average Bonchev–Trinajstić information content (AvgIpc) is 3.15. The number of nitrogens with zero attached hydrogens (tertiary/aromatic N) is 1. The summed E-state index contributed by atoms with van der Waals surface area (Å²) in [5, 5.41) is 3.50. The van der Waals surface area contributed by atoms with Gasteiger partial charge in [-0.15, -0.1) is 0 Å². The molecule has 0 aliphatic heterocycles. The number of oxazole rings is 1. The molecule has 0 spiro atoms. The van der Waals surface area contributed by atoms with Crippen molar-refractivity contribution in [3.8, 4) is 11.3 Å². The molecule has 1 fully saturated rings. The minimum Gasteiger partial charge on any atom is -0.441 e. The second kappa shape index (κ2) is 6.10. The fourth-order valence-corrected chi connectivity index (χ4v) is 2.44. The first-order valence-electron chi connectivity index (χ1n) is 7.17. The van der Waals surface area contributed by atoms with Crippen molar-refractivity contribution in [2.45, 2.75) is 38.6 Å². The van der Waals surface area contributed by atoms with E-state index >= 15 is 0 Å². The molecule has 4 heteroatoms. The fraction of sp³-hybridized carbons (Fsp3) is 0.438. The molecule has 1 aliphatic rings. The van der Waals surface area contributed by atoms with Gasteiger partial charge in [-0.25, -0.2) is 4.98 Å². The summed E-state index contributed by atoms with van der Waals surface area (Å²) in [7, 11) is 0. The van der Waals surface area contributed by atoms with Crippen LogP contribution in [0.3, 0.4) is 0 Å². The molecular weight excluding hydrogens is 316 g/mol. The van der Waals surface area contributed by atoms with Crippen LogP contribution in [0.2, 0.25) is 0 Å². The van der Waals surface area contributed by atoms with Crippen molar-refractivity contribution in [1.29, 1.82) is 0 Å². The molecule has 1 N–H and O–H groups in total. The lowest BCUT2D eigenvalue weighted by atomic mass is 10.1. The van der Waals surface area contributed by atoms with E-state index in [9.17, 15) is 0 Å². The van der Waals surface area contributed by atoms with Crippen molar-refractivity contribution < 1.29 is 4.42 Å². The van der Waals surface area contributed by atoms with Crippen LogP contribution in [0.4, 0.5) is 0 Å². The zero-order valence-corrected chi connectivity index (χ0v) is 13.2. The summed E-state index contributed by atoms with van der Waals surface area (Å²) in [6.45, 7) is 3.13. The van der Waals surface area contributed by atoms with Crippen molar-refractivity contribution in [3.63, 3.8) is 0 Å². The van der Waals surface area contributed by atoms with Crippen molar-refractivity contribution in [2.75, 3.05) is 6.54 Å². The number of benzene rings is 1. The number of hydrogen-bond donors (Lipinski definition) is 1. The average molecular weight is 335 g/mol. The monoisotopic (exact) mass is 334 g/mol. The van der Waals surface area contributed by atoms with Gasteiger partial charge in [-0.2, -0.15) is 0 Å². The van der Waals surface area contributed by atoms with Crippen molar-refractivity contribution in [3.05, 3.63) is 40.3 Å². The normalized spacial score (nSPS) is 14.7. The first-order chi connectivity index (χ1) is 9.72. The van der Waals surface area contributed by atoms with Gasteiger partial charge in [0.15, 0.2) is 11.7 Å². The Kier molecular flexibility index (Phi) is 4.22. The molecule has 0 radical (unpaired) electrons. The standard InChI is InChI=1S/C16H19BrN2O/c1-11-9-12(4-7-14(11)17)15-10-19-16(20-15)3-2-8-18-13-5-6-13/h4,7,9-10,13,18H,2-3,5-6,8H2,1H3. The number of rotatable bonds is 6. The lowest BCUT2D eigenvalue weighted by Gasteiger charge is -2.01. The lowest BCUT2D eigenvalue weighted by molar-refractivity contribution is 0.491. The van der Waals surface area contributed by atoms with E-state index in [1.54, 1.807) is 0 Å². The van der Waals surface area contributed by atoms with Gasteiger partial charge >= 0.3 is 0 Å². The van der Waals surface area contributed by atoms with Gasteiger partial charge in [0.25, 0.3) is 0 Å². The molecule has 1 aromatic heterocycles. The van der Waals surface area contributed by atoms with Gasteiger partial charge in [0.1, 0.15) is 0 Å². The smallest absolute Gasteiger partial charge is 0.194 e. The summed E-state index contributed by atoms with van der Waals surface area (Å²) >= 11 is 3.51. The van der Waals surface area contributed by atoms with Gasteiger partial charge < -0.3 is 9.73 Å². The zero-order chi connectivity index (χ0) is 13.9. The molecule has 0 bridgehead atoms. The van der Waals surface area contributed by atoms with Crippen molar-refractivity contribution >= 4 is 15.9 Å². The third kappa shape index (κ3) is 3.49. The van der Waals surface area contributed by atoms with Crippen LogP contribution in [0.25, 0.3) is 11.3 Å². The van der Waals surface area contributed by atoms with E-state index in [-0.39, 0.29) is 0 Å². The van der Waals surface area contributed by atoms with Gasteiger partial charge in [-0.05, 0) is 50.4 Å². The molecule has 0 unspecified atom stereocenters. The molecule has 20 heavy (non-hydrogen) atoms. The summed E-state index contributed by atoms with van der Waals surface area (Å²) < 4.78 is 6.95. The van der Waals surface area contributed by atoms with Crippen LogP contribution in [0.1, 0.15) is 30.7 Å². The van der Waals surface area contributed by atoms with E-state index in [4.69, 9.17) is 4.42 Å². The molecule has 3 rings (SSSR count). The molecule has 2 aromatic rings. The minimum atomic E-state index is 0.779. The maximum absolute atomic E-state index is 5.83. The van der Waals surface area contributed by atoms with Gasteiger partial charge in [0.2, 0.25) is 0 Å². The van der Waals surface area contributed by atoms with E-state index < -0.39 is 0 Å². The van der Waals surface area contributed by atoms with Gasteiger partial charge in [0.05, 0.1) is 6.20 Å². The summed E-state index contributed by atoms with van der Waals surface area (Å²) in [6.07, 6.45) is 6.48. The second-order valence-electron chi connectivity index (χ2n) is 5.41. The predicted molar refractivity (Wildman–Crippen MR) is 83.7 cm³/mol. The summed E-state index contributed by atoms with van der Waals surface area (Å²) in [4.78, 5) is 4.37. The Balaban J connectivity index is 1.58. The highest BCUT2D eigenvalue weighted by atomic mass is 79.9. The molecule has 1 aliphatic carbocycles. The molecule has 0 saturated heterocycles. The number of aromatic nitrogens is 1. The van der Waals surface area contributed by atoms with Gasteiger partial charge in [-0.3, -0.25) is 0 Å². The zero-order valence-electron chi connectivity index (χ0n) is 11.7. The summed E-state index contributed by atoms with van der Waals surface area (Å²) in [5.74, 6) is 1.68. The third-order valence-corrected chi connectivity index (χ3v) is 4.46. The van der Waals surface area contributed by atoms with E-state index in [2.05, 4.69) is 45.3 Å². The first-order valence-corrected chi connectivity index (χ1v) is 7.96. The fourth-order valence-electron chi connectivity index (χ4n) is 2.19. The van der Waals surface area contributed by atoms with Crippen LogP contribution in [-0.4, -0.2) is 17.6 Å². The lowest BCUT2D eigenvalue weighted by Crippen LogP contribution is -2.17. The number of halogens is 1. The SMILES string of the molecule is Cc1cc(-c2cnc(CCCNC3CC3)o2)ccc1Br.